The molecule has 0 aliphatic carbocycles. The highest BCUT2D eigenvalue weighted by Crippen LogP contribution is 2.38. The topological polar surface area (TPSA) is 155 Å². The third kappa shape index (κ3) is 10.2. The third-order valence-electron chi connectivity index (χ3n) is 6.45. The number of Topliss-reactive ketones (excluding diaryl/α,β-unsaturated/α-hetero) is 2. The molecular weight excluding hydrogens is 636 g/mol. The Hall–Kier alpha value is -4.20. The number of ether oxygens (including phenoxy) is 5. The first-order chi connectivity index (χ1) is 22.1. The van der Waals surface area contributed by atoms with E-state index >= 15 is 0 Å². The predicted molar refractivity (Wildman–Crippen MR) is 176 cm³/mol. The van der Waals surface area contributed by atoms with Gasteiger partial charge >= 0.3 is 11.9 Å². The summed E-state index contributed by atoms with van der Waals surface area (Å²) in [5.74, 6) is 0.635. The number of fused-ring (bicyclic) bond motifs is 2. The van der Waals surface area contributed by atoms with Crippen molar-refractivity contribution in [2.24, 2.45) is 0 Å². The highest BCUT2D eigenvalue weighted by molar-refractivity contribution is 7.21. The largest absolute Gasteiger partial charge is 0.504 e. The van der Waals surface area contributed by atoms with Crippen LogP contribution in [0.3, 0.4) is 0 Å². The van der Waals surface area contributed by atoms with E-state index in [1.165, 1.54) is 29.8 Å². The van der Waals surface area contributed by atoms with Crippen molar-refractivity contribution in [2.75, 3.05) is 40.6 Å². The number of benzene rings is 2. The summed E-state index contributed by atoms with van der Waals surface area (Å²) < 4.78 is 27.3. The van der Waals surface area contributed by atoms with Crippen LogP contribution in [0, 0.1) is 0 Å². The molecule has 0 unspecified atom stereocenters. The molecule has 248 valence electrons. The second-order valence-electron chi connectivity index (χ2n) is 9.71. The van der Waals surface area contributed by atoms with Gasteiger partial charge in [0.05, 0.1) is 56.6 Å². The molecule has 0 saturated heterocycles. The number of carbonyl (C=O) groups excluding carboxylic acids is 4. The number of esters is 2. The Labute approximate surface area is 274 Å². The van der Waals surface area contributed by atoms with E-state index in [2.05, 4.69) is 0 Å². The minimum Gasteiger partial charge on any atom is -0.504 e. The number of aliphatic hydroxyl groups excluding tert-OH is 1. The second kappa shape index (κ2) is 18.1. The zero-order valence-corrected chi connectivity index (χ0v) is 27.8. The second-order valence-corrected chi connectivity index (χ2v) is 11.9. The summed E-state index contributed by atoms with van der Waals surface area (Å²) in [6.07, 6.45) is 0.940. The summed E-state index contributed by atoms with van der Waals surface area (Å²) in [5.41, 5.74) is 0. The molecule has 0 atom stereocenters. The zero-order valence-electron chi connectivity index (χ0n) is 26.2. The Kier molecular flexibility index (Phi) is 14.2. The van der Waals surface area contributed by atoms with Crippen LogP contribution in [0.4, 0.5) is 0 Å². The molecule has 2 N–H and O–H groups in total. The highest BCUT2D eigenvalue weighted by atomic mass is 32.1. The van der Waals surface area contributed by atoms with Gasteiger partial charge in [0.2, 0.25) is 0 Å². The summed E-state index contributed by atoms with van der Waals surface area (Å²) in [6, 6.07) is 10.5. The van der Waals surface area contributed by atoms with Crippen molar-refractivity contribution >= 4 is 66.4 Å². The molecule has 2 aromatic carbocycles. The molecule has 2 aromatic heterocycles. The van der Waals surface area contributed by atoms with Crippen LogP contribution in [0.15, 0.2) is 36.4 Å². The van der Waals surface area contributed by atoms with Crippen molar-refractivity contribution in [1.29, 1.82) is 0 Å². The molecule has 0 amide bonds. The van der Waals surface area contributed by atoms with Gasteiger partial charge in [-0.05, 0) is 48.9 Å². The maximum Gasteiger partial charge on any atom is 0.306 e. The lowest BCUT2D eigenvalue weighted by Crippen LogP contribution is -2.07. The maximum atomic E-state index is 12.3. The molecule has 13 heteroatoms. The van der Waals surface area contributed by atoms with Crippen LogP contribution in [0.5, 0.6) is 23.0 Å². The van der Waals surface area contributed by atoms with Gasteiger partial charge in [0.25, 0.3) is 0 Å². The molecule has 0 fully saturated rings. The fraction of sp³-hybridized carbons (Fsp3) is 0.394. The number of methoxy groups -OCH3 is 2. The van der Waals surface area contributed by atoms with E-state index in [0.29, 0.717) is 53.2 Å². The molecule has 0 aliphatic heterocycles. The maximum absolute atomic E-state index is 12.3. The normalized spacial score (nSPS) is 10.6. The lowest BCUT2D eigenvalue weighted by Gasteiger charge is -2.10. The van der Waals surface area contributed by atoms with E-state index in [-0.39, 0.29) is 61.5 Å². The first kappa shape index (κ1) is 36.3. The molecule has 4 rings (SSSR count). The SMILES string of the molecule is CCOC(=O)CCC(=O)c1cc2cc(OC)c(O)cc2s1.CCOC(=O)CCC(=O)c1cc2cc(OC)c(OCCCO)cc2s1. The van der Waals surface area contributed by atoms with Crippen LogP contribution in [-0.4, -0.2) is 74.4 Å². The molecular formula is C33H38O11S2. The van der Waals surface area contributed by atoms with Crippen molar-refractivity contribution in [3.05, 3.63) is 46.2 Å². The van der Waals surface area contributed by atoms with E-state index < -0.39 is 0 Å². The summed E-state index contributed by atoms with van der Waals surface area (Å²) >= 11 is 2.64. The number of aromatic hydroxyl groups is 1. The van der Waals surface area contributed by atoms with Crippen molar-refractivity contribution < 1.29 is 53.1 Å². The van der Waals surface area contributed by atoms with Gasteiger partial charge in [0, 0.05) is 47.4 Å². The monoisotopic (exact) mass is 674 g/mol. The van der Waals surface area contributed by atoms with Gasteiger partial charge < -0.3 is 33.9 Å². The van der Waals surface area contributed by atoms with Crippen molar-refractivity contribution in [3.63, 3.8) is 0 Å². The average molecular weight is 675 g/mol. The van der Waals surface area contributed by atoms with E-state index in [1.807, 2.05) is 12.1 Å². The molecule has 0 radical (unpaired) electrons. The zero-order chi connectivity index (χ0) is 33.6. The van der Waals surface area contributed by atoms with Crippen LogP contribution in [0.2, 0.25) is 0 Å². The number of phenolic OH excluding ortho intramolecular Hbond substituents is 1. The quantitative estimate of drug-likeness (QED) is 0.0777. The fourth-order valence-electron chi connectivity index (χ4n) is 4.20. The number of phenols is 1. The Morgan fingerprint density at radius 2 is 1.17 bits per heavy atom. The number of carbonyl (C=O) groups is 4. The number of aliphatic hydroxyl groups is 1. The smallest absolute Gasteiger partial charge is 0.306 e. The first-order valence-corrected chi connectivity index (χ1v) is 16.3. The molecule has 0 saturated carbocycles. The Morgan fingerprint density at radius 1 is 0.674 bits per heavy atom. The summed E-state index contributed by atoms with van der Waals surface area (Å²) in [7, 11) is 3.02. The molecule has 0 spiro atoms. The number of hydrogen-bond donors (Lipinski definition) is 2. The van der Waals surface area contributed by atoms with E-state index in [1.54, 1.807) is 45.2 Å². The van der Waals surface area contributed by atoms with Gasteiger partial charge in [-0.1, -0.05) is 0 Å². The number of thiophene rings is 2. The molecule has 0 bridgehead atoms. The van der Waals surface area contributed by atoms with Gasteiger partial charge in [0.15, 0.2) is 34.6 Å². The summed E-state index contributed by atoms with van der Waals surface area (Å²) in [4.78, 5) is 48.1. The number of rotatable bonds is 16. The lowest BCUT2D eigenvalue weighted by molar-refractivity contribution is -0.143. The van der Waals surface area contributed by atoms with E-state index in [4.69, 9.17) is 28.8 Å². The van der Waals surface area contributed by atoms with Crippen LogP contribution >= 0.6 is 22.7 Å². The van der Waals surface area contributed by atoms with E-state index in [9.17, 15) is 24.3 Å². The minimum atomic E-state index is -0.369. The van der Waals surface area contributed by atoms with Gasteiger partial charge in [-0.25, -0.2) is 0 Å². The average Bonchev–Trinajstić information content (AvgIpc) is 3.66. The van der Waals surface area contributed by atoms with Gasteiger partial charge in [0.1, 0.15) is 0 Å². The van der Waals surface area contributed by atoms with Gasteiger partial charge in [-0.3, -0.25) is 19.2 Å². The van der Waals surface area contributed by atoms with Crippen LogP contribution in [0.1, 0.15) is 65.3 Å². The lowest BCUT2D eigenvalue weighted by atomic mass is 10.1. The predicted octanol–water partition coefficient (Wildman–Crippen LogP) is 6.34. The fourth-order valence-corrected chi connectivity index (χ4v) is 6.29. The van der Waals surface area contributed by atoms with Crippen LogP contribution in [-0.2, 0) is 19.1 Å². The van der Waals surface area contributed by atoms with Gasteiger partial charge in [-0.15, -0.1) is 22.7 Å². The van der Waals surface area contributed by atoms with Crippen molar-refractivity contribution in [3.8, 4) is 23.0 Å². The van der Waals surface area contributed by atoms with Crippen LogP contribution < -0.4 is 14.2 Å². The Balaban J connectivity index is 0.000000254. The van der Waals surface area contributed by atoms with Crippen molar-refractivity contribution in [2.45, 2.75) is 46.0 Å². The van der Waals surface area contributed by atoms with E-state index in [0.717, 1.165) is 20.2 Å². The van der Waals surface area contributed by atoms with Crippen LogP contribution in [0.25, 0.3) is 20.2 Å². The Bertz CT molecular complexity index is 1650. The molecule has 2 heterocycles. The summed E-state index contributed by atoms with van der Waals surface area (Å²) in [5, 5.41) is 20.3. The molecule has 0 aliphatic rings. The first-order valence-electron chi connectivity index (χ1n) is 14.7. The minimum absolute atomic E-state index is 0.0392. The van der Waals surface area contributed by atoms with Gasteiger partial charge in [-0.2, -0.15) is 0 Å². The Morgan fingerprint density at radius 3 is 1.65 bits per heavy atom. The molecule has 4 aromatic rings. The standard InChI is InChI=1S/C18H22O6S.C15H16O5S/c1-3-23-18(21)6-5-13(20)17-10-12-9-14(22-2)15(11-16(12)25-17)24-8-4-7-19;1-3-20-15(18)5-4-10(16)14-7-9-6-12(19-2)11(17)8-13(9)21-14/h9-11,19H,3-8H2,1-2H3;6-8,17H,3-5H2,1-2H3. The highest BCUT2D eigenvalue weighted by Gasteiger charge is 2.17. The summed E-state index contributed by atoms with van der Waals surface area (Å²) in [6.45, 7) is 4.53. The van der Waals surface area contributed by atoms with Crippen molar-refractivity contribution in [1.82, 2.24) is 0 Å². The number of ketones is 2. The molecule has 11 nitrogen and oxygen atoms in total. The third-order valence-corrected chi connectivity index (χ3v) is 8.73. The molecule has 46 heavy (non-hydrogen) atoms. The number of hydrogen-bond acceptors (Lipinski definition) is 13.